The molecule has 1 aliphatic rings. The second-order valence-electron chi connectivity index (χ2n) is 6.49. The van der Waals surface area contributed by atoms with E-state index in [4.69, 9.17) is 4.74 Å². The molecule has 0 bridgehead atoms. The average molecular weight is 443 g/mol. The number of aromatic nitrogens is 1. The van der Waals surface area contributed by atoms with Gasteiger partial charge in [0.25, 0.3) is 0 Å². The molecule has 3 amide bonds. The first-order chi connectivity index (χ1) is 14.6. The summed E-state index contributed by atoms with van der Waals surface area (Å²) < 4.78 is 4.94. The predicted molar refractivity (Wildman–Crippen MR) is 116 cm³/mol. The van der Waals surface area contributed by atoms with E-state index in [9.17, 15) is 14.4 Å². The van der Waals surface area contributed by atoms with Crippen LogP contribution in [0.4, 0.5) is 21.3 Å². The highest BCUT2D eigenvalue weighted by molar-refractivity contribution is 7.14. The summed E-state index contributed by atoms with van der Waals surface area (Å²) in [4.78, 5) is 42.9. The second kappa shape index (κ2) is 9.06. The first-order valence-electron chi connectivity index (χ1n) is 9.18. The number of hydrogen-bond donors (Lipinski definition) is 2. The third kappa shape index (κ3) is 5.02. The first-order valence-corrected chi connectivity index (χ1v) is 10.9. The van der Waals surface area contributed by atoms with Crippen LogP contribution in [0.15, 0.2) is 47.2 Å². The van der Waals surface area contributed by atoms with Crippen LogP contribution in [0.2, 0.25) is 0 Å². The maximum atomic E-state index is 12.4. The number of ether oxygens (including phenoxy) is 1. The van der Waals surface area contributed by atoms with Crippen LogP contribution in [0.1, 0.15) is 10.6 Å². The highest BCUT2D eigenvalue weighted by Crippen LogP contribution is 2.23. The van der Waals surface area contributed by atoms with Gasteiger partial charge in [0, 0.05) is 21.6 Å². The molecule has 1 saturated heterocycles. The molecule has 0 saturated carbocycles. The molecule has 154 valence electrons. The van der Waals surface area contributed by atoms with Gasteiger partial charge < -0.3 is 15.4 Å². The third-order valence-electron chi connectivity index (χ3n) is 4.26. The molecule has 10 heteroatoms. The van der Waals surface area contributed by atoms with Crippen molar-refractivity contribution in [3.05, 3.63) is 57.7 Å². The number of nitrogens with zero attached hydrogens (tertiary/aromatic N) is 2. The normalized spacial score (nSPS) is 13.2. The number of nitrogens with one attached hydrogen (secondary N) is 2. The van der Waals surface area contributed by atoms with Crippen molar-refractivity contribution in [2.24, 2.45) is 0 Å². The Morgan fingerprint density at radius 2 is 1.97 bits per heavy atom. The van der Waals surface area contributed by atoms with E-state index in [0.717, 1.165) is 4.88 Å². The summed E-state index contributed by atoms with van der Waals surface area (Å²) in [5.74, 6) is -0.377. The van der Waals surface area contributed by atoms with Gasteiger partial charge in [0.05, 0.1) is 25.1 Å². The Labute approximate surface area is 180 Å². The minimum absolute atomic E-state index is 0.0767. The predicted octanol–water partition coefficient (Wildman–Crippen LogP) is 3.52. The minimum Gasteiger partial charge on any atom is -0.447 e. The van der Waals surface area contributed by atoms with Crippen LogP contribution < -0.4 is 15.5 Å². The van der Waals surface area contributed by atoms with Gasteiger partial charge in [0.1, 0.15) is 6.61 Å². The Bertz CT molecular complexity index is 1060. The lowest BCUT2D eigenvalue weighted by molar-refractivity contribution is -0.116. The van der Waals surface area contributed by atoms with Gasteiger partial charge in [-0.3, -0.25) is 14.5 Å². The van der Waals surface area contributed by atoms with Gasteiger partial charge >= 0.3 is 6.09 Å². The minimum atomic E-state index is -0.394. The van der Waals surface area contributed by atoms with E-state index < -0.39 is 6.09 Å². The number of rotatable bonds is 7. The van der Waals surface area contributed by atoms with Crippen LogP contribution in [0.3, 0.4) is 0 Å². The van der Waals surface area contributed by atoms with Gasteiger partial charge in [0.2, 0.25) is 11.8 Å². The lowest BCUT2D eigenvalue weighted by atomic mass is 10.2. The molecular formula is C20H18N4O4S2. The summed E-state index contributed by atoms with van der Waals surface area (Å²) in [5, 5.41) is 9.71. The Morgan fingerprint density at radius 3 is 2.73 bits per heavy atom. The largest absolute Gasteiger partial charge is 0.447 e. The fourth-order valence-electron chi connectivity index (χ4n) is 2.93. The molecule has 3 heterocycles. The van der Waals surface area contributed by atoms with Gasteiger partial charge in [-0.15, -0.1) is 22.7 Å². The van der Waals surface area contributed by atoms with Crippen molar-refractivity contribution in [2.75, 3.05) is 28.7 Å². The molecule has 0 atom stereocenters. The molecule has 0 aliphatic carbocycles. The van der Waals surface area contributed by atoms with E-state index in [1.807, 2.05) is 17.5 Å². The van der Waals surface area contributed by atoms with Crippen molar-refractivity contribution in [3.63, 3.8) is 0 Å². The van der Waals surface area contributed by atoms with E-state index in [1.54, 1.807) is 29.6 Å². The summed E-state index contributed by atoms with van der Waals surface area (Å²) in [6.45, 7) is 0.835. The zero-order valence-corrected chi connectivity index (χ0v) is 17.4. The number of hydrogen-bond acceptors (Lipinski definition) is 7. The fraction of sp³-hybridized carbons (Fsp3) is 0.200. The number of thiophene rings is 1. The monoisotopic (exact) mass is 442 g/mol. The van der Waals surface area contributed by atoms with E-state index in [0.29, 0.717) is 41.8 Å². The Kier molecular flexibility index (Phi) is 6.05. The number of carbonyl (C=O) groups is 3. The molecule has 0 unspecified atom stereocenters. The standard InChI is InChI=1S/C20H18N4O4S2/c25-17(21-13-3-1-4-15(9-13)24-6-7-28-20(24)27)10-14-12-30-19(22-14)23-18(26)11-16-5-2-8-29-16/h1-5,8-9,12H,6-7,10-11H2,(H,21,25)(H,22,23,26). The molecule has 3 aromatic rings. The molecule has 4 rings (SSSR count). The molecule has 2 aromatic heterocycles. The van der Waals surface area contributed by atoms with Crippen molar-refractivity contribution in [1.82, 2.24) is 4.98 Å². The van der Waals surface area contributed by atoms with Crippen molar-refractivity contribution < 1.29 is 19.1 Å². The maximum absolute atomic E-state index is 12.4. The smallest absolute Gasteiger partial charge is 0.414 e. The Balaban J connectivity index is 1.31. The van der Waals surface area contributed by atoms with E-state index in [2.05, 4.69) is 15.6 Å². The lowest BCUT2D eigenvalue weighted by Gasteiger charge is -2.14. The number of cyclic esters (lactones) is 1. The van der Waals surface area contributed by atoms with E-state index in [1.165, 1.54) is 27.6 Å². The van der Waals surface area contributed by atoms with Gasteiger partial charge in [-0.25, -0.2) is 9.78 Å². The van der Waals surface area contributed by atoms with Crippen molar-refractivity contribution in [2.45, 2.75) is 12.8 Å². The topological polar surface area (TPSA) is 101 Å². The van der Waals surface area contributed by atoms with Gasteiger partial charge in [-0.1, -0.05) is 12.1 Å². The maximum Gasteiger partial charge on any atom is 0.414 e. The first kappa shape index (κ1) is 20.0. The average Bonchev–Trinajstić information content (AvgIpc) is 3.45. The number of anilines is 3. The number of amides is 3. The number of carbonyl (C=O) groups excluding carboxylic acids is 3. The van der Waals surface area contributed by atoms with E-state index in [-0.39, 0.29) is 18.2 Å². The molecule has 8 nitrogen and oxygen atoms in total. The van der Waals surface area contributed by atoms with Crippen LogP contribution >= 0.6 is 22.7 Å². The van der Waals surface area contributed by atoms with Gasteiger partial charge in [-0.2, -0.15) is 0 Å². The molecular weight excluding hydrogens is 424 g/mol. The molecule has 0 spiro atoms. The number of benzene rings is 1. The van der Waals surface area contributed by atoms with E-state index >= 15 is 0 Å². The van der Waals surface area contributed by atoms with Crippen LogP contribution in [0, 0.1) is 0 Å². The fourth-order valence-corrected chi connectivity index (χ4v) is 4.36. The summed E-state index contributed by atoms with van der Waals surface area (Å²) in [6, 6.07) is 10.8. The van der Waals surface area contributed by atoms with Gasteiger partial charge in [-0.05, 0) is 29.6 Å². The van der Waals surface area contributed by atoms with Crippen LogP contribution in [-0.2, 0) is 27.2 Å². The quantitative estimate of drug-likeness (QED) is 0.583. The van der Waals surface area contributed by atoms with Crippen molar-refractivity contribution in [1.29, 1.82) is 0 Å². The molecule has 1 aromatic carbocycles. The third-order valence-corrected chi connectivity index (χ3v) is 5.94. The summed E-state index contributed by atoms with van der Waals surface area (Å²) in [7, 11) is 0. The second-order valence-corrected chi connectivity index (χ2v) is 8.38. The highest BCUT2D eigenvalue weighted by Gasteiger charge is 2.23. The summed E-state index contributed by atoms with van der Waals surface area (Å²) in [6.07, 6.45) is -0.0176. The molecule has 1 aliphatic heterocycles. The molecule has 1 fully saturated rings. The summed E-state index contributed by atoms with van der Waals surface area (Å²) >= 11 is 2.81. The van der Waals surface area contributed by atoms with Crippen molar-refractivity contribution in [3.8, 4) is 0 Å². The molecule has 0 radical (unpaired) electrons. The summed E-state index contributed by atoms with van der Waals surface area (Å²) in [5.41, 5.74) is 1.82. The van der Waals surface area contributed by atoms with Crippen LogP contribution in [0.25, 0.3) is 0 Å². The SMILES string of the molecule is O=C(Cc1csc(NC(=O)Cc2cccs2)n1)Nc1cccc(N2CCOC2=O)c1. The Hall–Kier alpha value is -3.24. The molecule has 2 N–H and O–H groups in total. The van der Waals surface area contributed by atoms with Crippen molar-refractivity contribution >= 4 is 57.1 Å². The van der Waals surface area contributed by atoms with Crippen LogP contribution in [0.5, 0.6) is 0 Å². The lowest BCUT2D eigenvalue weighted by Crippen LogP contribution is -2.23. The van der Waals surface area contributed by atoms with Gasteiger partial charge in [0.15, 0.2) is 5.13 Å². The molecule has 30 heavy (non-hydrogen) atoms. The highest BCUT2D eigenvalue weighted by atomic mass is 32.1. The zero-order valence-electron chi connectivity index (χ0n) is 15.8. The zero-order chi connectivity index (χ0) is 20.9. The number of thiazole rings is 1. The Morgan fingerprint density at radius 1 is 1.10 bits per heavy atom. The van der Waals surface area contributed by atoms with Crippen LogP contribution in [-0.4, -0.2) is 36.0 Å².